The largest absolute Gasteiger partial charge is 0.208 e. The zero-order chi connectivity index (χ0) is 40.3. The van der Waals surface area contributed by atoms with Crippen molar-refractivity contribution in [2.24, 2.45) is 0 Å². The van der Waals surface area contributed by atoms with Gasteiger partial charge in [0.15, 0.2) is 17.5 Å². The number of fused-ring (bicyclic) bond motifs is 9. The fourth-order valence-electron chi connectivity index (χ4n) is 9.82. The van der Waals surface area contributed by atoms with E-state index in [-0.39, 0.29) is 0 Å². The first-order valence-corrected chi connectivity index (χ1v) is 20.9. The minimum atomic E-state index is -0.577. The van der Waals surface area contributed by atoms with Crippen LogP contribution in [0.25, 0.3) is 88.7 Å². The molecule has 0 unspecified atom stereocenters. The molecule has 3 heteroatoms. The Labute approximate surface area is 354 Å². The molecule has 0 atom stereocenters. The highest BCUT2D eigenvalue weighted by Crippen LogP contribution is 2.58. The van der Waals surface area contributed by atoms with Crippen LogP contribution in [0.4, 0.5) is 0 Å². The molecule has 1 aliphatic rings. The fourth-order valence-corrected chi connectivity index (χ4v) is 9.82. The summed E-state index contributed by atoms with van der Waals surface area (Å²) < 4.78 is 0. The number of rotatable bonds is 6. The zero-order valence-electron chi connectivity index (χ0n) is 33.2. The van der Waals surface area contributed by atoms with Gasteiger partial charge in [0.25, 0.3) is 0 Å². The van der Waals surface area contributed by atoms with E-state index in [9.17, 15) is 0 Å². The van der Waals surface area contributed by atoms with Crippen LogP contribution < -0.4 is 0 Å². The van der Waals surface area contributed by atoms with Crippen LogP contribution in [0.15, 0.2) is 224 Å². The van der Waals surface area contributed by atoms with Crippen molar-refractivity contribution in [3.05, 3.63) is 247 Å². The highest BCUT2D eigenvalue weighted by Gasteiger charge is 2.46. The number of hydrogen-bond donors (Lipinski definition) is 0. The van der Waals surface area contributed by atoms with Gasteiger partial charge in [0, 0.05) is 16.7 Å². The lowest BCUT2D eigenvalue weighted by Crippen LogP contribution is -2.28. The highest BCUT2D eigenvalue weighted by atomic mass is 15.0. The van der Waals surface area contributed by atoms with Gasteiger partial charge in [0.2, 0.25) is 0 Å². The Morgan fingerprint density at radius 2 is 0.607 bits per heavy atom. The van der Waals surface area contributed by atoms with Gasteiger partial charge >= 0.3 is 0 Å². The Kier molecular flexibility index (Phi) is 8.07. The standard InChI is InChI=1S/C58H37N3/c1-5-17-38(18-6-1)39-29-31-41(32-30-39)56-59-55(40-19-7-2-8-20-40)60-57(61-56)42-33-34-53-51(35-42)52-36-49-47-27-15-13-25-45(47)46-26-14-16-28-48(46)50(49)37-54(52)58(53,43-21-9-3-10-22-43)44-23-11-4-12-24-44/h1-37H. The molecule has 1 aromatic heterocycles. The van der Waals surface area contributed by atoms with Gasteiger partial charge in [-0.15, -0.1) is 0 Å². The average molecular weight is 776 g/mol. The summed E-state index contributed by atoms with van der Waals surface area (Å²) in [5, 5.41) is 7.54. The molecule has 3 nitrogen and oxygen atoms in total. The molecule has 1 heterocycles. The first kappa shape index (κ1) is 35.0. The molecule has 12 rings (SSSR count). The second kappa shape index (κ2) is 14.1. The summed E-state index contributed by atoms with van der Waals surface area (Å²) in [6, 6.07) is 80.7. The highest BCUT2D eigenvalue weighted by molar-refractivity contribution is 6.26. The molecule has 0 amide bonds. The van der Waals surface area contributed by atoms with Crippen LogP contribution in [-0.2, 0) is 5.41 Å². The lowest BCUT2D eigenvalue weighted by atomic mass is 9.67. The van der Waals surface area contributed by atoms with Crippen LogP contribution in [0.5, 0.6) is 0 Å². The predicted molar refractivity (Wildman–Crippen MR) is 251 cm³/mol. The van der Waals surface area contributed by atoms with Crippen LogP contribution >= 0.6 is 0 Å². The maximum absolute atomic E-state index is 5.24. The Hall–Kier alpha value is -8.01. The monoisotopic (exact) mass is 775 g/mol. The maximum atomic E-state index is 5.24. The Balaban J connectivity index is 1.13. The smallest absolute Gasteiger partial charge is 0.164 e. The molecule has 61 heavy (non-hydrogen) atoms. The number of hydrogen-bond acceptors (Lipinski definition) is 3. The van der Waals surface area contributed by atoms with E-state index in [1.54, 1.807) is 0 Å². The molecule has 11 aromatic rings. The summed E-state index contributed by atoms with van der Waals surface area (Å²) >= 11 is 0. The molecule has 0 spiro atoms. The minimum Gasteiger partial charge on any atom is -0.208 e. The quantitative estimate of drug-likeness (QED) is 0.158. The average Bonchev–Trinajstić information content (AvgIpc) is 3.64. The maximum Gasteiger partial charge on any atom is 0.164 e. The summed E-state index contributed by atoms with van der Waals surface area (Å²) in [5.74, 6) is 1.91. The van der Waals surface area contributed by atoms with E-state index >= 15 is 0 Å². The van der Waals surface area contributed by atoms with E-state index in [0.717, 1.165) is 22.3 Å². The van der Waals surface area contributed by atoms with E-state index < -0.39 is 5.41 Å². The topological polar surface area (TPSA) is 38.7 Å². The van der Waals surface area contributed by atoms with E-state index in [2.05, 4.69) is 200 Å². The van der Waals surface area contributed by atoms with Crippen LogP contribution in [-0.4, -0.2) is 15.0 Å². The van der Waals surface area contributed by atoms with Crippen molar-refractivity contribution in [1.82, 2.24) is 15.0 Å². The fraction of sp³-hybridized carbons (Fsp3) is 0.0172. The molecule has 284 valence electrons. The van der Waals surface area contributed by atoms with E-state index in [1.807, 2.05) is 24.3 Å². The molecule has 1 aliphatic carbocycles. The van der Waals surface area contributed by atoms with Gasteiger partial charge in [-0.3, -0.25) is 0 Å². The normalized spacial score (nSPS) is 12.7. The van der Waals surface area contributed by atoms with Crippen molar-refractivity contribution in [3.63, 3.8) is 0 Å². The third-order valence-corrected chi connectivity index (χ3v) is 12.6. The van der Waals surface area contributed by atoms with Crippen molar-refractivity contribution in [2.75, 3.05) is 0 Å². The van der Waals surface area contributed by atoms with Gasteiger partial charge in [-0.05, 0) is 95.0 Å². The predicted octanol–water partition coefficient (Wildman–Crippen LogP) is 14.4. The van der Waals surface area contributed by atoms with E-state index in [1.165, 1.54) is 71.3 Å². The molecule has 0 N–H and O–H groups in total. The first-order chi connectivity index (χ1) is 30.2. The Morgan fingerprint density at radius 3 is 1.15 bits per heavy atom. The second-order valence-electron chi connectivity index (χ2n) is 15.9. The molecule has 0 aliphatic heterocycles. The molecule has 10 aromatic carbocycles. The van der Waals surface area contributed by atoms with Crippen LogP contribution in [0.1, 0.15) is 22.3 Å². The number of benzene rings is 10. The summed E-state index contributed by atoms with van der Waals surface area (Å²) in [6.07, 6.45) is 0. The molecular formula is C58H37N3. The summed E-state index contributed by atoms with van der Waals surface area (Å²) in [7, 11) is 0. The Morgan fingerprint density at radius 1 is 0.246 bits per heavy atom. The first-order valence-electron chi connectivity index (χ1n) is 20.9. The SMILES string of the molecule is c1ccc(-c2ccc(-c3nc(-c4ccccc4)nc(-c4ccc5c(c4)-c4cc6c7ccccc7c7ccccc7c6cc4C5(c4ccccc4)c4ccccc4)n3)cc2)cc1. The van der Waals surface area contributed by atoms with Gasteiger partial charge in [-0.2, -0.15) is 0 Å². The van der Waals surface area contributed by atoms with Crippen molar-refractivity contribution in [3.8, 4) is 56.4 Å². The minimum absolute atomic E-state index is 0.577. The number of aromatic nitrogens is 3. The van der Waals surface area contributed by atoms with Crippen LogP contribution in [0, 0.1) is 0 Å². The number of nitrogens with zero attached hydrogens (tertiary/aromatic N) is 3. The second-order valence-corrected chi connectivity index (χ2v) is 15.9. The van der Waals surface area contributed by atoms with Crippen LogP contribution in [0.3, 0.4) is 0 Å². The van der Waals surface area contributed by atoms with Gasteiger partial charge in [-0.25, -0.2) is 15.0 Å². The lowest BCUT2D eigenvalue weighted by molar-refractivity contribution is 0.769. The molecule has 0 saturated heterocycles. The van der Waals surface area contributed by atoms with Gasteiger partial charge in [-0.1, -0.05) is 206 Å². The Bertz CT molecular complexity index is 3400. The van der Waals surface area contributed by atoms with E-state index in [0.29, 0.717) is 17.5 Å². The van der Waals surface area contributed by atoms with Crippen molar-refractivity contribution >= 4 is 32.3 Å². The molecule has 0 radical (unpaired) electrons. The third kappa shape index (κ3) is 5.55. The van der Waals surface area contributed by atoms with E-state index in [4.69, 9.17) is 15.0 Å². The van der Waals surface area contributed by atoms with Gasteiger partial charge in [0.05, 0.1) is 5.41 Å². The van der Waals surface area contributed by atoms with Crippen molar-refractivity contribution < 1.29 is 0 Å². The molecule has 0 bridgehead atoms. The summed E-state index contributed by atoms with van der Waals surface area (Å²) in [6.45, 7) is 0. The lowest BCUT2D eigenvalue weighted by Gasteiger charge is -2.34. The molecule has 0 saturated carbocycles. The van der Waals surface area contributed by atoms with Gasteiger partial charge in [0.1, 0.15) is 0 Å². The van der Waals surface area contributed by atoms with Crippen molar-refractivity contribution in [1.29, 1.82) is 0 Å². The molecular weight excluding hydrogens is 739 g/mol. The molecule has 0 fully saturated rings. The van der Waals surface area contributed by atoms with Crippen molar-refractivity contribution in [2.45, 2.75) is 5.41 Å². The summed E-state index contributed by atoms with van der Waals surface area (Å²) in [4.78, 5) is 15.5. The summed E-state index contributed by atoms with van der Waals surface area (Å²) in [5.41, 5.74) is 11.9. The van der Waals surface area contributed by atoms with Gasteiger partial charge < -0.3 is 0 Å². The zero-order valence-corrected chi connectivity index (χ0v) is 33.2. The third-order valence-electron chi connectivity index (χ3n) is 12.6. The van der Waals surface area contributed by atoms with Crippen LogP contribution in [0.2, 0.25) is 0 Å².